The van der Waals surface area contributed by atoms with Crippen molar-refractivity contribution in [2.75, 3.05) is 0 Å². The van der Waals surface area contributed by atoms with E-state index in [9.17, 15) is 0 Å². The van der Waals surface area contributed by atoms with Crippen LogP contribution in [0, 0.1) is 5.41 Å². The van der Waals surface area contributed by atoms with Gasteiger partial charge in [-0.3, -0.25) is 5.41 Å². The Morgan fingerprint density at radius 3 is 1.78 bits per heavy atom. The second-order valence-corrected chi connectivity index (χ2v) is 1.36. The van der Waals surface area contributed by atoms with Crippen molar-refractivity contribution in [2.45, 2.75) is 0 Å². The summed E-state index contributed by atoms with van der Waals surface area (Å²) in [5, 5.41) is 6.06. The van der Waals surface area contributed by atoms with Gasteiger partial charge in [0.2, 0.25) is 0 Å². The molecule has 56 valence electrons. The van der Waals surface area contributed by atoms with Crippen LogP contribution in [-0.4, -0.2) is 14.7 Å². The van der Waals surface area contributed by atoms with Crippen molar-refractivity contribution in [1.82, 2.24) is 0 Å². The molecular formula is CH7N4O3S-. The monoisotopic (exact) mass is 155 g/mol. The van der Waals surface area contributed by atoms with Crippen molar-refractivity contribution in [3.63, 3.8) is 0 Å². The topological polar surface area (TPSA) is 151 Å². The number of hydrogen-bond donors (Lipinski definition) is 4. The summed E-state index contributed by atoms with van der Waals surface area (Å²) in [5.41, 5.74) is 8.94. The van der Waals surface area contributed by atoms with Gasteiger partial charge in [-0.15, -0.1) is 0 Å². The van der Waals surface area contributed by atoms with Crippen molar-refractivity contribution in [1.29, 1.82) is 5.41 Å². The van der Waals surface area contributed by atoms with E-state index < -0.39 is 11.4 Å². The Labute approximate surface area is 54.1 Å². The van der Waals surface area contributed by atoms with E-state index in [1.807, 2.05) is 0 Å². The lowest BCUT2D eigenvalue weighted by Gasteiger charge is -1.93. The van der Waals surface area contributed by atoms with Gasteiger partial charge in [0.15, 0.2) is 5.96 Å². The van der Waals surface area contributed by atoms with Crippen molar-refractivity contribution >= 4 is 17.3 Å². The highest BCUT2D eigenvalue weighted by Crippen LogP contribution is 1.58. The standard InChI is InChI=1S/CH5N3.H3NO3S/c2-1(3)4;1-4-5(2)3/h(H5,2,3,4);1H2,(H,2,3)/p-1. The van der Waals surface area contributed by atoms with E-state index in [2.05, 4.69) is 21.6 Å². The van der Waals surface area contributed by atoms with E-state index in [0.717, 1.165) is 0 Å². The zero-order valence-corrected chi connectivity index (χ0v) is 5.18. The van der Waals surface area contributed by atoms with E-state index in [0.29, 0.717) is 0 Å². The summed E-state index contributed by atoms with van der Waals surface area (Å²) in [6.07, 6.45) is 0. The Morgan fingerprint density at radius 1 is 1.67 bits per heavy atom. The third-order valence-electron chi connectivity index (χ3n) is 0.0786. The average molecular weight is 155 g/mol. The Kier molecular flexibility index (Phi) is 9.04. The molecule has 0 heterocycles. The molecule has 0 aliphatic carbocycles. The first-order valence-electron chi connectivity index (χ1n) is 1.56. The van der Waals surface area contributed by atoms with Gasteiger partial charge in [0.05, 0.1) is 0 Å². The molecule has 0 aromatic rings. The molecule has 0 saturated carbocycles. The van der Waals surface area contributed by atoms with Crippen molar-refractivity contribution in [3.05, 3.63) is 0 Å². The van der Waals surface area contributed by atoms with Crippen molar-refractivity contribution in [3.8, 4) is 0 Å². The molecule has 0 aliphatic rings. The second kappa shape index (κ2) is 7.30. The second-order valence-electron chi connectivity index (χ2n) is 0.756. The van der Waals surface area contributed by atoms with E-state index >= 15 is 0 Å². The summed E-state index contributed by atoms with van der Waals surface area (Å²) < 4.78 is 21.2. The fourth-order valence-corrected chi connectivity index (χ4v) is 0. The Balaban J connectivity index is 0. The molecule has 7 N–H and O–H groups in total. The third-order valence-corrected chi connectivity index (χ3v) is 0.236. The molecule has 1 atom stereocenters. The Morgan fingerprint density at radius 2 is 1.78 bits per heavy atom. The van der Waals surface area contributed by atoms with Gasteiger partial charge in [0.1, 0.15) is 11.4 Å². The first-order chi connectivity index (χ1) is 4.00. The zero-order valence-electron chi connectivity index (χ0n) is 4.37. The molecule has 0 bridgehead atoms. The van der Waals surface area contributed by atoms with Crippen LogP contribution < -0.4 is 17.4 Å². The zero-order chi connectivity index (χ0) is 7.86. The van der Waals surface area contributed by atoms with E-state index in [1.165, 1.54) is 0 Å². The average Bonchev–Trinajstić information content (AvgIpc) is 1.65. The van der Waals surface area contributed by atoms with Crippen LogP contribution in [0.25, 0.3) is 0 Å². The van der Waals surface area contributed by atoms with E-state index in [4.69, 9.17) is 14.2 Å². The van der Waals surface area contributed by atoms with Gasteiger partial charge in [-0.25, -0.2) is 14.4 Å². The van der Waals surface area contributed by atoms with Crippen LogP contribution in [-0.2, 0) is 15.6 Å². The van der Waals surface area contributed by atoms with Crippen molar-refractivity contribution in [2.24, 2.45) is 17.4 Å². The molecule has 0 spiro atoms. The molecule has 0 saturated heterocycles. The van der Waals surface area contributed by atoms with Crippen LogP contribution in [0.4, 0.5) is 0 Å². The number of guanidine groups is 1. The molecule has 0 aromatic heterocycles. The summed E-state index contributed by atoms with van der Waals surface area (Å²) in [7, 11) is 0. The van der Waals surface area contributed by atoms with Crippen molar-refractivity contribution < 1.29 is 13.0 Å². The molecule has 0 aliphatic heterocycles. The maximum Gasteiger partial charge on any atom is 0.183 e. The normalized spacial score (nSPS) is 10.9. The first kappa shape index (κ1) is 11.1. The Bertz CT molecular complexity index is 100.0. The van der Waals surface area contributed by atoms with E-state index in [-0.39, 0.29) is 5.96 Å². The predicted octanol–water partition coefficient (Wildman–Crippen LogP) is -2.49. The summed E-state index contributed by atoms with van der Waals surface area (Å²) in [6.45, 7) is 0. The molecule has 7 nitrogen and oxygen atoms in total. The number of hydrogen-bond acceptors (Lipinski definition) is 5. The predicted molar refractivity (Wildman–Crippen MR) is 30.3 cm³/mol. The summed E-state index contributed by atoms with van der Waals surface area (Å²) in [5.74, 6) is 3.73. The summed E-state index contributed by atoms with van der Waals surface area (Å²) in [6, 6.07) is 0. The molecular weight excluding hydrogens is 148 g/mol. The lowest BCUT2D eigenvalue weighted by molar-refractivity contribution is 0.312. The molecule has 0 amide bonds. The SMILES string of the molecule is N=C(N)N.NOS(=O)[O-]. The van der Waals surface area contributed by atoms with Crippen LogP contribution >= 0.6 is 0 Å². The van der Waals surface area contributed by atoms with Crippen LogP contribution in [0.3, 0.4) is 0 Å². The highest BCUT2D eigenvalue weighted by Gasteiger charge is 1.60. The maximum absolute atomic E-state index is 9.02. The van der Waals surface area contributed by atoms with Gasteiger partial charge in [0, 0.05) is 0 Å². The third kappa shape index (κ3) is 121. The molecule has 9 heavy (non-hydrogen) atoms. The first-order valence-corrected chi connectivity index (χ1v) is 2.56. The lowest BCUT2D eigenvalue weighted by atomic mass is 11.1. The number of rotatable bonds is 1. The Hall–Kier alpha value is -0.700. The van der Waals surface area contributed by atoms with Gasteiger partial charge >= 0.3 is 0 Å². The minimum atomic E-state index is -2.54. The highest BCUT2D eigenvalue weighted by molar-refractivity contribution is 7.74. The largest absolute Gasteiger partial charge is 0.748 e. The van der Waals surface area contributed by atoms with Gasteiger partial charge in [0.25, 0.3) is 0 Å². The minimum absolute atomic E-state index is 0.333. The maximum atomic E-state index is 9.02. The van der Waals surface area contributed by atoms with Gasteiger partial charge in [-0.05, 0) is 0 Å². The molecule has 0 radical (unpaired) electrons. The van der Waals surface area contributed by atoms with Gasteiger partial charge in [-0.1, -0.05) is 0 Å². The fourth-order valence-electron chi connectivity index (χ4n) is 0. The van der Waals surface area contributed by atoms with Crippen LogP contribution in [0.2, 0.25) is 0 Å². The minimum Gasteiger partial charge on any atom is -0.748 e. The smallest absolute Gasteiger partial charge is 0.183 e. The quantitative estimate of drug-likeness (QED) is 0.142. The van der Waals surface area contributed by atoms with E-state index in [1.54, 1.807) is 0 Å². The molecule has 0 fully saturated rings. The van der Waals surface area contributed by atoms with Crippen LogP contribution in [0.5, 0.6) is 0 Å². The summed E-state index contributed by atoms with van der Waals surface area (Å²) in [4.78, 5) is 0. The molecule has 8 heteroatoms. The molecule has 0 aromatic carbocycles. The van der Waals surface area contributed by atoms with Crippen LogP contribution in [0.15, 0.2) is 0 Å². The number of nitrogens with two attached hydrogens (primary N) is 3. The lowest BCUT2D eigenvalue weighted by Crippen LogP contribution is -2.20. The fraction of sp³-hybridized carbons (Fsp3) is 0. The molecule has 0 rings (SSSR count). The molecule has 1 unspecified atom stereocenters. The van der Waals surface area contributed by atoms with Crippen LogP contribution in [0.1, 0.15) is 0 Å². The van der Waals surface area contributed by atoms with Gasteiger partial charge < -0.3 is 16.0 Å². The highest BCUT2D eigenvalue weighted by atomic mass is 32.2. The summed E-state index contributed by atoms with van der Waals surface area (Å²) >= 11 is -2.54. The number of nitrogens with one attached hydrogen (secondary N) is 1. The van der Waals surface area contributed by atoms with Gasteiger partial charge in [-0.2, -0.15) is 0 Å².